The molecular weight excluding hydrogens is 218 g/mol. The van der Waals surface area contributed by atoms with Crippen molar-refractivity contribution < 1.29 is 0 Å². The minimum atomic E-state index is 0.613. The Morgan fingerprint density at radius 2 is 1.33 bits per heavy atom. The van der Waals surface area contributed by atoms with Crippen molar-refractivity contribution in [2.45, 2.75) is 84.0 Å². The van der Waals surface area contributed by atoms with Crippen LogP contribution in [0.3, 0.4) is 0 Å². The molecule has 0 aromatic heterocycles. The quantitative estimate of drug-likeness (QED) is 0.308. The monoisotopic (exact) mass is 248 g/mol. The van der Waals surface area contributed by atoms with Crippen LogP contribution in [0.2, 0.25) is 0 Å². The van der Waals surface area contributed by atoms with Crippen molar-refractivity contribution in [2.75, 3.05) is 0 Å². The Morgan fingerprint density at radius 3 is 1.78 bits per heavy atom. The number of unbranched alkanes of at least 4 members (excludes halogenated alkanes) is 11. The maximum atomic E-state index is 8.53. The summed E-state index contributed by atoms with van der Waals surface area (Å²) < 4.78 is 0. The van der Waals surface area contributed by atoms with E-state index >= 15 is 0 Å². The fourth-order valence-electron chi connectivity index (χ4n) is 2.13. The molecule has 0 N–H and O–H groups in total. The van der Waals surface area contributed by atoms with Gasteiger partial charge >= 0.3 is 0 Å². The maximum absolute atomic E-state index is 8.53. The van der Waals surface area contributed by atoms with E-state index in [9.17, 15) is 0 Å². The molecule has 0 saturated carbocycles. The minimum absolute atomic E-state index is 0.613. The summed E-state index contributed by atoms with van der Waals surface area (Å²) in [5.74, 6) is 0. The van der Waals surface area contributed by atoms with E-state index in [2.05, 4.69) is 19.9 Å². The molecule has 0 unspecified atom stereocenters. The number of nitrogens with zero attached hydrogens (tertiary/aromatic N) is 1. The van der Waals surface area contributed by atoms with Crippen LogP contribution in [0.15, 0.2) is 11.6 Å². The maximum Gasteiger partial charge on any atom is 0.0943 e. The minimum Gasteiger partial charge on any atom is -0.193 e. The normalized spacial score (nSPS) is 11.5. The van der Waals surface area contributed by atoms with Gasteiger partial charge in [-0.2, -0.15) is 5.26 Å². The molecule has 18 heavy (non-hydrogen) atoms. The lowest BCUT2D eigenvalue weighted by Gasteiger charge is -2.01. The van der Waals surface area contributed by atoms with E-state index in [4.69, 9.17) is 5.26 Å². The molecular formula is C17H30N. The van der Waals surface area contributed by atoms with E-state index in [1.807, 2.05) is 6.08 Å². The zero-order valence-corrected chi connectivity index (χ0v) is 12.2. The number of hydrogen-bond acceptors (Lipinski definition) is 1. The van der Waals surface area contributed by atoms with Crippen LogP contribution in [0, 0.1) is 18.3 Å². The smallest absolute Gasteiger partial charge is 0.0943 e. The highest BCUT2D eigenvalue weighted by atomic mass is 14.2. The van der Waals surface area contributed by atoms with Gasteiger partial charge in [-0.3, -0.25) is 0 Å². The summed E-state index contributed by atoms with van der Waals surface area (Å²) in [7, 11) is 0. The lowest BCUT2D eigenvalue weighted by molar-refractivity contribution is 0.550. The highest BCUT2D eigenvalue weighted by Gasteiger charge is 1.92. The van der Waals surface area contributed by atoms with E-state index in [-0.39, 0.29) is 0 Å². The number of rotatable bonds is 12. The van der Waals surface area contributed by atoms with Gasteiger partial charge in [-0.05, 0) is 19.8 Å². The van der Waals surface area contributed by atoms with Gasteiger partial charge in [-0.1, -0.05) is 77.2 Å². The first-order valence-electron chi connectivity index (χ1n) is 7.73. The van der Waals surface area contributed by atoms with Crippen LogP contribution in [0.1, 0.15) is 84.0 Å². The zero-order valence-electron chi connectivity index (χ0n) is 12.2. The predicted molar refractivity (Wildman–Crippen MR) is 80.1 cm³/mol. The summed E-state index contributed by atoms with van der Waals surface area (Å²) in [5, 5.41) is 8.53. The summed E-state index contributed by atoms with van der Waals surface area (Å²) in [6.45, 7) is 5.91. The Kier molecular flexibility index (Phi) is 13.7. The van der Waals surface area contributed by atoms with Crippen LogP contribution >= 0.6 is 0 Å². The van der Waals surface area contributed by atoms with E-state index in [0.29, 0.717) is 5.57 Å². The molecule has 0 atom stereocenters. The Labute approximate surface area is 114 Å². The SMILES string of the molecule is [CH2]C(C#N)=CCCCCCCCCCCCCC. The van der Waals surface area contributed by atoms with Crippen molar-refractivity contribution in [1.82, 2.24) is 0 Å². The second kappa shape index (κ2) is 14.3. The van der Waals surface area contributed by atoms with Gasteiger partial charge in [-0.25, -0.2) is 0 Å². The van der Waals surface area contributed by atoms with Crippen molar-refractivity contribution in [3.63, 3.8) is 0 Å². The van der Waals surface area contributed by atoms with Crippen LogP contribution in [0.25, 0.3) is 0 Å². The largest absolute Gasteiger partial charge is 0.193 e. The molecule has 103 valence electrons. The van der Waals surface area contributed by atoms with Gasteiger partial charge < -0.3 is 0 Å². The molecule has 0 aliphatic heterocycles. The van der Waals surface area contributed by atoms with E-state index in [1.165, 1.54) is 70.6 Å². The topological polar surface area (TPSA) is 23.8 Å². The average Bonchev–Trinajstić information content (AvgIpc) is 2.39. The summed E-state index contributed by atoms with van der Waals surface area (Å²) in [4.78, 5) is 0. The van der Waals surface area contributed by atoms with Crippen LogP contribution in [-0.2, 0) is 0 Å². The Bertz CT molecular complexity index is 234. The Balaban J connectivity index is 3.06. The van der Waals surface area contributed by atoms with Gasteiger partial charge in [0.05, 0.1) is 6.07 Å². The zero-order chi connectivity index (χ0) is 13.5. The third-order valence-electron chi connectivity index (χ3n) is 3.34. The van der Waals surface area contributed by atoms with Gasteiger partial charge in [0.25, 0.3) is 0 Å². The third-order valence-corrected chi connectivity index (χ3v) is 3.34. The van der Waals surface area contributed by atoms with Crippen molar-refractivity contribution in [2.24, 2.45) is 0 Å². The van der Waals surface area contributed by atoms with Crippen LogP contribution in [0.4, 0.5) is 0 Å². The highest BCUT2D eigenvalue weighted by Crippen LogP contribution is 2.12. The number of hydrogen-bond donors (Lipinski definition) is 0. The molecule has 0 aliphatic rings. The Morgan fingerprint density at radius 1 is 0.889 bits per heavy atom. The van der Waals surface area contributed by atoms with Crippen molar-refractivity contribution >= 4 is 0 Å². The predicted octanol–water partition coefficient (Wildman–Crippen LogP) is 5.97. The fourth-order valence-corrected chi connectivity index (χ4v) is 2.13. The molecule has 0 aromatic rings. The molecule has 1 radical (unpaired) electrons. The first kappa shape index (κ1) is 17.2. The second-order valence-corrected chi connectivity index (χ2v) is 5.17. The summed E-state index contributed by atoms with van der Waals surface area (Å²) in [6.07, 6.45) is 18.1. The van der Waals surface area contributed by atoms with E-state index < -0.39 is 0 Å². The molecule has 1 heteroatoms. The van der Waals surface area contributed by atoms with Crippen molar-refractivity contribution in [3.05, 3.63) is 18.6 Å². The first-order valence-corrected chi connectivity index (χ1v) is 7.73. The van der Waals surface area contributed by atoms with Crippen molar-refractivity contribution in [3.8, 4) is 6.07 Å². The van der Waals surface area contributed by atoms with Gasteiger partial charge in [0.2, 0.25) is 0 Å². The van der Waals surface area contributed by atoms with Gasteiger partial charge in [0.15, 0.2) is 0 Å². The summed E-state index contributed by atoms with van der Waals surface area (Å²) in [6, 6.07) is 2.05. The molecule has 1 nitrogen and oxygen atoms in total. The van der Waals surface area contributed by atoms with Gasteiger partial charge in [0, 0.05) is 5.57 Å². The molecule has 0 saturated heterocycles. The molecule has 0 heterocycles. The van der Waals surface area contributed by atoms with Crippen LogP contribution in [0.5, 0.6) is 0 Å². The lowest BCUT2D eigenvalue weighted by Crippen LogP contribution is -1.82. The average molecular weight is 248 g/mol. The Hall–Kier alpha value is -0.770. The molecule has 0 bridgehead atoms. The molecule has 0 aliphatic carbocycles. The van der Waals surface area contributed by atoms with E-state index in [1.54, 1.807) is 0 Å². The van der Waals surface area contributed by atoms with Crippen LogP contribution < -0.4 is 0 Å². The highest BCUT2D eigenvalue weighted by molar-refractivity contribution is 5.22. The van der Waals surface area contributed by atoms with Gasteiger partial charge in [0.1, 0.15) is 0 Å². The van der Waals surface area contributed by atoms with Crippen molar-refractivity contribution in [1.29, 1.82) is 5.26 Å². The standard InChI is InChI=1S/C17H30N/c1-3-4-5-6-7-8-9-10-11-12-13-14-15-17(2)16-18/h15H,2-14H2,1H3. The molecule has 0 rings (SSSR count). The van der Waals surface area contributed by atoms with Gasteiger partial charge in [-0.15, -0.1) is 0 Å². The lowest BCUT2D eigenvalue weighted by atomic mass is 10.0. The van der Waals surface area contributed by atoms with E-state index in [0.717, 1.165) is 6.42 Å². The fraction of sp³-hybridized carbons (Fsp3) is 0.765. The summed E-state index contributed by atoms with van der Waals surface area (Å²) in [5.41, 5.74) is 0.613. The molecule has 0 spiro atoms. The number of allylic oxidation sites excluding steroid dienone is 2. The molecule has 0 amide bonds. The summed E-state index contributed by atoms with van der Waals surface area (Å²) >= 11 is 0. The number of nitriles is 1. The van der Waals surface area contributed by atoms with Crippen LogP contribution in [-0.4, -0.2) is 0 Å². The third kappa shape index (κ3) is 13.3. The molecule has 0 aromatic carbocycles. The second-order valence-electron chi connectivity index (χ2n) is 5.17. The first-order chi connectivity index (χ1) is 8.81. The molecule has 0 fully saturated rings.